The molecule has 25 heavy (non-hydrogen) atoms. The van der Waals surface area contributed by atoms with Crippen molar-refractivity contribution >= 4 is 22.6 Å². The van der Waals surface area contributed by atoms with Crippen LogP contribution in [0.4, 0.5) is 0 Å². The van der Waals surface area contributed by atoms with Crippen LogP contribution in [0, 0.1) is 17.8 Å². The quantitative estimate of drug-likeness (QED) is 0.106. The van der Waals surface area contributed by atoms with Crippen LogP contribution in [-0.2, 0) is 0 Å². The van der Waals surface area contributed by atoms with Gasteiger partial charge >= 0.3 is 0 Å². The topological polar surface area (TPSA) is 0 Å². The second-order valence-electron chi connectivity index (χ2n) is 8.24. The first-order valence-corrected chi connectivity index (χ1v) is 12.4. The summed E-state index contributed by atoms with van der Waals surface area (Å²) in [6.45, 7) is 8.61. The monoisotopic (exact) mass is 458 g/mol. The molecule has 1 heteroatoms. The minimum absolute atomic E-state index is 0.791. The molecule has 1 aliphatic carbocycles. The van der Waals surface area contributed by atoms with E-state index in [1.807, 2.05) is 0 Å². The van der Waals surface area contributed by atoms with Crippen LogP contribution in [0.3, 0.4) is 0 Å². The predicted molar refractivity (Wildman–Crippen MR) is 124 cm³/mol. The Kier molecular flexibility index (Phi) is 14.2. The molecule has 1 saturated carbocycles. The van der Waals surface area contributed by atoms with Gasteiger partial charge in [-0.05, 0) is 69.1 Å². The molecule has 1 rings (SSSR count). The van der Waals surface area contributed by atoms with E-state index in [2.05, 4.69) is 61.2 Å². The van der Waals surface area contributed by atoms with Gasteiger partial charge in [-0.15, -0.1) is 6.58 Å². The second-order valence-corrected chi connectivity index (χ2v) is 10.0. The van der Waals surface area contributed by atoms with Crippen molar-refractivity contribution < 1.29 is 0 Å². The minimum atomic E-state index is 0.791. The summed E-state index contributed by atoms with van der Waals surface area (Å²) in [5.41, 5.74) is 0. The van der Waals surface area contributed by atoms with Crippen molar-refractivity contribution in [2.24, 2.45) is 17.8 Å². The molecule has 0 spiro atoms. The molecule has 0 heterocycles. The summed E-state index contributed by atoms with van der Waals surface area (Å²) >= 11 is 2.66. The zero-order chi connectivity index (χ0) is 18.3. The lowest BCUT2D eigenvalue weighted by Crippen LogP contribution is -2.10. The molecule has 0 aromatic rings. The second kappa shape index (κ2) is 15.3. The average molecular weight is 459 g/mol. The van der Waals surface area contributed by atoms with Gasteiger partial charge in [0.2, 0.25) is 0 Å². The molecule has 0 aromatic heterocycles. The molecule has 146 valence electrons. The number of allylic oxidation sites excluding steroid dienone is 3. The van der Waals surface area contributed by atoms with E-state index in [9.17, 15) is 0 Å². The summed E-state index contributed by atoms with van der Waals surface area (Å²) in [5, 5.41) is 0. The Balaban J connectivity index is 2.13. The van der Waals surface area contributed by atoms with Gasteiger partial charge in [0.05, 0.1) is 0 Å². The van der Waals surface area contributed by atoms with Crippen LogP contribution in [-0.4, -0.2) is 3.92 Å². The van der Waals surface area contributed by atoms with Gasteiger partial charge in [-0.2, -0.15) is 0 Å². The SMILES string of the molecule is C=CC1CCC(/C=C/CCCC(CCC)CCCC(I)CCC)CC1. The highest BCUT2D eigenvalue weighted by atomic mass is 127. The molecule has 2 unspecified atom stereocenters. The molecule has 0 amide bonds. The Morgan fingerprint density at radius 1 is 0.880 bits per heavy atom. The van der Waals surface area contributed by atoms with Crippen molar-refractivity contribution in [2.45, 2.75) is 108 Å². The Morgan fingerprint density at radius 2 is 1.52 bits per heavy atom. The van der Waals surface area contributed by atoms with Crippen molar-refractivity contribution in [3.05, 3.63) is 24.8 Å². The lowest BCUT2D eigenvalue weighted by Gasteiger charge is -2.24. The molecule has 1 aliphatic rings. The average Bonchev–Trinajstić information content (AvgIpc) is 2.62. The lowest BCUT2D eigenvalue weighted by atomic mass is 9.82. The molecule has 0 bridgehead atoms. The van der Waals surface area contributed by atoms with Gasteiger partial charge in [-0.25, -0.2) is 0 Å². The van der Waals surface area contributed by atoms with Crippen LogP contribution in [0.15, 0.2) is 24.8 Å². The molecule has 0 N–H and O–H groups in total. The van der Waals surface area contributed by atoms with Crippen molar-refractivity contribution in [1.29, 1.82) is 0 Å². The summed E-state index contributed by atoms with van der Waals surface area (Å²) in [5.74, 6) is 2.62. The van der Waals surface area contributed by atoms with Crippen LogP contribution in [0.1, 0.15) is 104 Å². The fraction of sp³-hybridized carbons (Fsp3) is 0.833. The van der Waals surface area contributed by atoms with Gasteiger partial charge < -0.3 is 0 Å². The molecule has 0 aliphatic heterocycles. The third kappa shape index (κ3) is 11.5. The van der Waals surface area contributed by atoms with Crippen LogP contribution >= 0.6 is 22.6 Å². The van der Waals surface area contributed by atoms with Gasteiger partial charge in [0, 0.05) is 3.92 Å². The zero-order valence-electron chi connectivity index (χ0n) is 17.0. The van der Waals surface area contributed by atoms with E-state index >= 15 is 0 Å². The summed E-state index contributed by atoms with van der Waals surface area (Å²) in [4.78, 5) is 0. The van der Waals surface area contributed by atoms with E-state index in [0.717, 1.165) is 21.7 Å². The van der Waals surface area contributed by atoms with E-state index < -0.39 is 0 Å². The first-order chi connectivity index (χ1) is 12.2. The van der Waals surface area contributed by atoms with E-state index in [0.29, 0.717) is 0 Å². The molecule has 0 radical (unpaired) electrons. The third-order valence-corrected chi connectivity index (χ3v) is 7.22. The summed E-state index contributed by atoms with van der Waals surface area (Å²) in [7, 11) is 0. The number of hydrogen-bond acceptors (Lipinski definition) is 0. The van der Waals surface area contributed by atoms with Gasteiger partial charge in [0.15, 0.2) is 0 Å². The number of unbranched alkanes of at least 4 members (excludes halogenated alkanes) is 1. The van der Waals surface area contributed by atoms with Gasteiger partial charge in [0.1, 0.15) is 0 Å². The highest BCUT2D eigenvalue weighted by molar-refractivity contribution is 14.1. The lowest BCUT2D eigenvalue weighted by molar-refractivity contribution is 0.356. The third-order valence-electron chi connectivity index (χ3n) is 5.97. The largest absolute Gasteiger partial charge is 0.103 e. The maximum absolute atomic E-state index is 3.95. The molecule has 0 nitrogen and oxygen atoms in total. The Labute approximate surface area is 172 Å². The van der Waals surface area contributed by atoms with Crippen LogP contribution in [0.2, 0.25) is 0 Å². The van der Waals surface area contributed by atoms with E-state index in [1.54, 1.807) is 0 Å². The highest BCUT2D eigenvalue weighted by Crippen LogP contribution is 2.30. The van der Waals surface area contributed by atoms with E-state index in [4.69, 9.17) is 0 Å². The first-order valence-electron chi connectivity index (χ1n) is 11.1. The fourth-order valence-corrected chi connectivity index (χ4v) is 5.38. The number of rotatable bonds is 14. The highest BCUT2D eigenvalue weighted by Gasteiger charge is 2.16. The Morgan fingerprint density at radius 3 is 2.16 bits per heavy atom. The van der Waals surface area contributed by atoms with Crippen LogP contribution in [0.5, 0.6) is 0 Å². The summed E-state index contributed by atoms with van der Waals surface area (Å²) in [6.07, 6.45) is 26.7. The van der Waals surface area contributed by atoms with Crippen LogP contribution < -0.4 is 0 Å². The Bertz CT molecular complexity index is 338. The van der Waals surface area contributed by atoms with Crippen molar-refractivity contribution in [2.75, 3.05) is 0 Å². The molecule has 0 saturated heterocycles. The number of hydrogen-bond donors (Lipinski definition) is 0. The van der Waals surface area contributed by atoms with Crippen LogP contribution in [0.25, 0.3) is 0 Å². The van der Waals surface area contributed by atoms with E-state index in [1.165, 1.54) is 89.9 Å². The molecule has 2 atom stereocenters. The summed E-state index contributed by atoms with van der Waals surface area (Å²) in [6, 6.07) is 0. The fourth-order valence-electron chi connectivity index (χ4n) is 4.31. The molecule has 0 aromatic carbocycles. The maximum Gasteiger partial charge on any atom is 0.0109 e. The normalized spacial score (nSPS) is 23.6. The van der Waals surface area contributed by atoms with Gasteiger partial charge in [0.25, 0.3) is 0 Å². The zero-order valence-corrected chi connectivity index (χ0v) is 19.2. The van der Waals surface area contributed by atoms with Crippen molar-refractivity contribution in [1.82, 2.24) is 0 Å². The smallest absolute Gasteiger partial charge is 0.0109 e. The van der Waals surface area contributed by atoms with E-state index in [-0.39, 0.29) is 0 Å². The number of halogens is 1. The van der Waals surface area contributed by atoms with Gasteiger partial charge in [-0.1, -0.05) is 93.2 Å². The maximum atomic E-state index is 3.95. The summed E-state index contributed by atoms with van der Waals surface area (Å²) < 4.78 is 0.906. The predicted octanol–water partition coefficient (Wildman–Crippen LogP) is 8.90. The molecular weight excluding hydrogens is 415 g/mol. The number of alkyl halides is 1. The van der Waals surface area contributed by atoms with Crippen molar-refractivity contribution in [3.8, 4) is 0 Å². The van der Waals surface area contributed by atoms with Crippen molar-refractivity contribution in [3.63, 3.8) is 0 Å². The molecule has 1 fully saturated rings. The standard InChI is InChI=1S/C24H43I/c1-4-11-22(15-10-16-24(25)12-5-2)13-8-7-9-14-23-19-17-21(6-3)18-20-23/h6,9,14,21-24H,3-5,7-8,10-13,15-20H2,1-2H3/b14-9+. The molecular formula is C24H43I. The first kappa shape index (κ1) is 23.2. The minimum Gasteiger partial charge on any atom is -0.103 e. The van der Waals surface area contributed by atoms with Gasteiger partial charge in [-0.3, -0.25) is 0 Å². The Hall–Kier alpha value is 0.210.